The molecule has 0 aliphatic rings. The van der Waals surface area contributed by atoms with Gasteiger partial charge in [0.2, 0.25) is 0 Å². The Hall–Kier alpha value is 0.887. The van der Waals surface area contributed by atoms with Gasteiger partial charge in [0.05, 0.1) is 25.1 Å². The van der Waals surface area contributed by atoms with Gasteiger partial charge in [-0.3, -0.25) is 0 Å². The third kappa shape index (κ3) is 1.72. The van der Waals surface area contributed by atoms with E-state index in [1.54, 1.807) is 0 Å². The monoisotopic (exact) mass is 278 g/mol. The lowest BCUT2D eigenvalue weighted by Crippen LogP contribution is -2.07. The van der Waals surface area contributed by atoms with Crippen molar-refractivity contribution in [1.29, 1.82) is 0 Å². The summed E-state index contributed by atoms with van der Waals surface area (Å²) >= 11 is 29.0. The van der Waals surface area contributed by atoms with Crippen LogP contribution in [0.3, 0.4) is 0 Å². The van der Waals surface area contributed by atoms with Crippen molar-refractivity contribution in [3.8, 4) is 0 Å². The van der Waals surface area contributed by atoms with Gasteiger partial charge in [-0.2, -0.15) is 0 Å². The lowest BCUT2D eigenvalue weighted by molar-refractivity contribution is 1.75. The minimum atomic E-state index is 0.216. The normalized spacial score (nSPS) is 10.8. The van der Waals surface area contributed by atoms with Gasteiger partial charge in [-0.15, -0.1) is 0 Å². The maximum Gasteiger partial charge on any atom is 0.0808 e. The first kappa shape index (κ1) is 11.0. The molecule has 0 aliphatic carbocycles. The van der Waals surface area contributed by atoms with Crippen molar-refractivity contribution in [1.82, 2.24) is 0 Å². The van der Waals surface area contributed by atoms with E-state index in [2.05, 4.69) is 0 Å². The maximum absolute atomic E-state index is 5.84. The van der Waals surface area contributed by atoms with E-state index in [4.69, 9.17) is 58.0 Å². The average molecular weight is 280 g/mol. The fourth-order valence-corrected chi connectivity index (χ4v) is 2.76. The minimum absolute atomic E-state index is 0.216. The van der Waals surface area contributed by atoms with Crippen LogP contribution in [0.5, 0.6) is 0 Å². The molecule has 12 heavy (non-hydrogen) atoms. The van der Waals surface area contributed by atoms with Gasteiger partial charge in [0.25, 0.3) is 0 Å². The van der Waals surface area contributed by atoms with Crippen LogP contribution in [-0.2, 0) is 0 Å². The molecule has 0 unspecified atom stereocenters. The quantitative estimate of drug-likeness (QED) is 0.389. The molecular weight excluding hydrogens is 277 g/mol. The topological polar surface area (TPSA) is 0 Å². The smallest absolute Gasteiger partial charge is 0.0808 e. The van der Waals surface area contributed by atoms with Gasteiger partial charge < -0.3 is 0 Å². The van der Waals surface area contributed by atoms with Crippen LogP contribution in [0.4, 0.5) is 0 Å². The molecule has 0 heterocycles. The molecule has 0 spiro atoms. The zero-order valence-electron chi connectivity index (χ0n) is 5.89. The van der Waals surface area contributed by atoms with E-state index in [0.717, 1.165) is 5.19 Å². The van der Waals surface area contributed by atoms with E-state index in [1.165, 1.54) is 0 Å². The van der Waals surface area contributed by atoms with Gasteiger partial charge in [-0.1, -0.05) is 58.0 Å². The molecule has 66 valence electrons. The van der Waals surface area contributed by atoms with E-state index in [-0.39, 0.29) is 15.1 Å². The molecule has 0 nitrogen and oxygen atoms in total. The molecule has 0 amide bonds. The molecular formula is C6H3Cl5Si. The summed E-state index contributed by atoms with van der Waals surface area (Å²) in [6, 6.07) is 0. The Labute approximate surface area is 98.1 Å². The molecule has 0 saturated heterocycles. The summed E-state index contributed by atoms with van der Waals surface area (Å²) in [6.07, 6.45) is 0. The molecule has 0 bridgehead atoms. The van der Waals surface area contributed by atoms with Crippen LogP contribution in [0.1, 0.15) is 0 Å². The standard InChI is InChI=1S/C6H3Cl5Si/c7-1-2(8)4(10)6(12)5(11)3(1)9/h12H3. The van der Waals surface area contributed by atoms with Crippen molar-refractivity contribution in [3.05, 3.63) is 25.1 Å². The van der Waals surface area contributed by atoms with Crippen molar-refractivity contribution >= 4 is 73.4 Å². The number of rotatable bonds is 0. The first-order valence-electron chi connectivity index (χ1n) is 2.94. The lowest BCUT2D eigenvalue weighted by Gasteiger charge is -2.07. The van der Waals surface area contributed by atoms with Gasteiger partial charge in [0, 0.05) is 10.2 Å². The van der Waals surface area contributed by atoms with Crippen molar-refractivity contribution in [2.24, 2.45) is 0 Å². The minimum Gasteiger partial charge on any atom is -0.0828 e. The molecule has 0 radical (unpaired) electrons. The van der Waals surface area contributed by atoms with Gasteiger partial charge in [-0.25, -0.2) is 0 Å². The fraction of sp³-hybridized carbons (Fsp3) is 0. The lowest BCUT2D eigenvalue weighted by atomic mass is 10.3. The molecule has 0 aromatic heterocycles. The Morgan fingerprint density at radius 3 is 1.17 bits per heavy atom. The summed E-state index contributed by atoms with van der Waals surface area (Å²) in [7, 11) is 0.682. The van der Waals surface area contributed by atoms with Crippen LogP contribution in [-0.4, -0.2) is 10.2 Å². The summed E-state index contributed by atoms with van der Waals surface area (Å²) in [5.74, 6) is 0. The molecule has 1 rings (SSSR count). The first-order valence-corrected chi connectivity index (χ1v) is 5.83. The zero-order valence-corrected chi connectivity index (χ0v) is 11.7. The molecule has 0 atom stereocenters. The Bertz CT molecular complexity index is 230. The molecule has 0 fully saturated rings. The number of hydrogen-bond donors (Lipinski definition) is 0. The second-order valence-electron chi connectivity index (χ2n) is 2.19. The Morgan fingerprint density at radius 2 is 0.833 bits per heavy atom. The van der Waals surface area contributed by atoms with Gasteiger partial charge >= 0.3 is 0 Å². The Kier molecular flexibility index (Phi) is 3.61. The first-order chi connectivity index (χ1) is 5.46. The molecule has 0 aliphatic heterocycles. The second-order valence-corrected chi connectivity index (χ2v) is 5.08. The predicted octanol–water partition coefficient (Wildman–Crippen LogP) is 2.94. The third-order valence-electron chi connectivity index (χ3n) is 1.43. The summed E-state index contributed by atoms with van der Waals surface area (Å²) in [5.41, 5.74) is 0. The van der Waals surface area contributed by atoms with Gasteiger partial charge in [-0.05, 0) is 5.19 Å². The summed E-state index contributed by atoms with van der Waals surface area (Å²) in [5, 5.41) is 2.35. The van der Waals surface area contributed by atoms with Crippen LogP contribution in [0.25, 0.3) is 0 Å². The third-order valence-corrected chi connectivity index (χ3v) is 5.53. The summed E-state index contributed by atoms with van der Waals surface area (Å²) in [4.78, 5) is 0. The largest absolute Gasteiger partial charge is 0.0828 e. The SMILES string of the molecule is [SiH3]c1c(Cl)c(Cl)c(Cl)c(Cl)c1Cl. The van der Waals surface area contributed by atoms with Crippen LogP contribution in [0.2, 0.25) is 25.1 Å². The molecule has 1 aromatic carbocycles. The summed E-state index contributed by atoms with van der Waals surface area (Å²) in [6.45, 7) is 0. The number of halogens is 5. The molecule has 1 aromatic rings. The van der Waals surface area contributed by atoms with E-state index >= 15 is 0 Å². The Balaban J connectivity index is 3.60. The van der Waals surface area contributed by atoms with E-state index in [1.807, 2.05) is 0 Å². The molecule has 6 heteroatoms. The average Bonchev–Trinajstić information content (AvgIpc) is 2.08. The van der Waals surface area contributed by atoms with Crippen molar-refractivity contribution in [2.75, 3.05) is 0 Å². The molecule has 0 N–H and O–H groups in total. The van der Waals surface area contributed by atoms with Crippen LogP contribution in [0.15, 0.2) is 0 Å². The van der Waals surface area contributed by atoms with Crippen LogP contribution in [0, 0.1) is 0 Å². The molecule has 0 saturated carbocycles. The van der Waals surface area contributed by atoms with E-state index < -0.39 is 0 Å². The highest BCUT2D eigenvalue weighted by Gasteiger charge is 2.15. The zero-order chi connectivity index (χ0) is 9.46. The Morgan fingerprint density at radius 1 is 0.583 bits per heavy atom. The fourth-order valence-electron chi connectivity index (χ4n) is 0.715. The van der Waals surface area contributed by atoms with Gasteiger partial charge in [0.1, 0.15) is 0 Å². The number of hydrogen-bond acceptors (Lipinski definition) is 0. The predicted molar refractivity (Wildman–Crippen MR) is 61.1 cm³/mol. The van der Waals surface area contributed by atoms with Crippen LogP contribution < -0.4 is 5.19 Å². The maximum atomic E-state index is 5.84. The second kappa shape index (κ2) is 3.95. The highest BCUT2D eigenvalue weighted by molar-refractivity contribution is 6.61. The highest BCUT2D eigenvalue weighted by atomic mass is 35.5. The van der Waals surface area contributed by atoms with Crippen molar-refractivity contribution < 1.29 is 0 Å². The summed E-state index contributed by atoms with van der Waals surface area (Å²) < 4.78 is 0. The highest BCUT2D eigenvalue weighted by Crippen LogP contribution is 2.38. The number of benzene rings is 1. The van der Waals surface area contributed by atoms with E-state index in [0.29, 0.717) is 20.3 Å². The van der Waals surface area contributed by atoms with Crippen molar-refractivity contribution in [2.45, 2.75) is 0 Å². The van der Waals surface area contributed by atoms with E-state index in [9.17, 15) is 0 Å². The van der Waals surface area contributed by atoms with Gasteiger partial charge in [0.15, 0.2) is 0 Å². The van der Waals surface area contributed by atoms with Crippen molar-refractivity contribution in [3.63, 3.8) is 0 Å². The van der Waals surface area contributed by atoms with Crippen LogP contribution >= 0.6 is 58.0 Å².